The summed E-state index contributed by atoms with van der Waals surface area (Å²) in [7, 11) is 0. The molecule has 4 aromatic rings. The van der Waals surface area contributed by atoms with Crippen LogP contribution in [0.4, 0.5) is 5.69 Å². The lowest BCUT2D eigenvalue weighted by Gasteiger charge is -2.10. The number of benzene rings is 2. The van der Waals surface area contributed by atoms with Crippen molar-refractivity contribution >= 4 is 44.9 Å². The number of hydrogen-bond acceptors (Lipinski definition) is 5. The first kappa shape index (κ1) is 19.6. The number of fused-ring (bicyclic) bond motifs is 1. The summed E-state index contributed by atoms with van der Waals surface area (Å²) in [6.45, 7) is 6.17. The van der Waals surface area contributed by atoms with Crippen LogP contribution >= 0.6 is 23.1 Å². The molecule has 0 saturated heterocycles. The summed E-state index contributed by atoms with van der Waals surface area (Å²) >= 11 is 3.12. The van der Waals surface area contributed by atoms with Gasteiger partial charge in [-0.1, -0.05) is 54.2 Å². The molecule has 0 bridgehead atoms. The van der Waals surface area contributed by atoms with E-state index in [1.54, 1.807) is 17.7 Å². The Morgan fingerprint density at radius 2 is 1.83 bits per heavy atom. The third-order valence-corrected chi connectivity index (χ3v) is 6.91. The predicted molar refractivity (Wildman–Crippen MR) is 123 cm³/mol. The normalized spacial score (nSPS) is 11.0. The van der Waals surface area contributed by atoms with Gasteiger partial charge in [0.1, 0.15) is 16.2 Å². The topological polar surface area (TPSA) is 54.9 Å². The number of nitrogens with one attached hydrogen (secondary N) is 1. The Morgan fingerprint density at radius 1 is 1.03 bits per heavy atom. The summed E-state index contributed by atoms with van der Waals surface area (Å²) in [5.41, 5.74) is 5.42. The number of thiophene rings is 1. The van der Waals surface area contributed by atoms with Crippen LogP contribution < -0.4 is 5.32 Å². The third-order valence-electron chi connectivity index (χ3n) is 4.91. The summed E-state index contributed by atoms with van der Waals surface area (Å²) in [5.74, 6) is 0.256. The lowest BCUT2D eigenvalue weighted by molar-refractivity contribution is -0.113. The molecule has 2 aromatic heterocycles. The second-order valence-corrected chi connectivity index (χ2v) is 9.01. The zero-order valence-electron chi connectivity index (χ0n) is 16.5. The number of aromatic nitrogens is 2. The molecule has 0 fully saturated rings. The maximum absolute atomic E-state index is 12.6. The second-order valence-electron chi connectivity index (χ2n) is 6.84. The van der Waals surface area contributed by atoms with Crippen LogP contribution in [0.3, 0.4) is 0 Å². The minimum absolute atomic E-state index is 0.0383. The highest BCUT2D eigenvalue weighted by molar-refractivity contribution is 8.00. The number of rotatable bonds is 5. The second kappa shape index (κ2) is 8.35. The van der Waals surface area contributed by atoms with Crippen molar-refractivity contribution in [3.05, 3.63) is 70.9 Å². The Morgan fingerprint density at radius 3 is 2.62 bits per heavy atom. The van der Waals surface area contributed by atoms with E-state index in [4.69, 9.17) is 0 Å². The molecular formula is C23H21N3OS2. The van der Waals surface area contributed by atoms with E-state index in [2.05, 4.69) is 34.3 Å². The molecule has 4 rings (SSSR count). The summed E-state index contributed by atoms with van der Waals surface area (Å²) in [4.78, 5) is 23.7. The summed E-state index contributed by atoms with van der Waals surface area (Å²) in [6.07, 6.45) is 1.58. The zero-order valence-corrected chi connectivity index (χ0v) is 18.2. The monoisotopic (exact) mass is 419 g/mol. The van der Waals surface area contributed by atoms with Crippen molar-refractivity contribution < 1.29 is 4.79 Å². The van der Waals surface area contributed by atoms with Crippen LogP contribution in [0.5, 0.6) is 0 Å². The van der Waals surface area contributed by atoms with Crippen LogP contribution in [0.25, 0.3) is 21.3 Å². The number of amides is 1. The number of hydrogen-bond donors (Lipinski definition) is 1. The molecular weight excluding hydrogens is 398 g/mol. The number of anilines is 1. The maximum atomic E-state index is 12.6. The van der Waals surface area contributed by atoms with E-state index in [9.17, 15) is 4.79 Å². The van der Waals surface area contributed by atoms with Crippen molar-refractivity contribution in [2.75, 3.05) is 11.1 Å². The van der Waals surface area contributed by atoms with Gasteiger partial charge in [0, 0.05) is 16.1 Å². The van der Waals surface area contributed by atoms with E-state index in [0.29, 0.717) is 5.75 Å². The van der Waals surface area contributed by atoms with Gasteiger partial charge in [-0.05, 0) is 43.5 Å². The van der Waals surface area contributed by atoms with Crippen LogP contribution in [-0.2, 0) is 4.79 Å². The molecule has 0 spiro atoms. The maximum Gasteiger partial charge on any atom is 0.234 e. The molecule has 4 nitrogen and oxygen atoms in total. The Hall–Kier alpha value is -2.70. The zero-order chi connectivity index (χ0) is 20.4. The molecule has 1 N–H and O–H groups in total. The summed E-state index contributed by atoms with van der Waals surface area (Å²) in [6, 6.07) is 16.2. The van der Waals surface area contributed by atoms with Gasteiger partial charge in [0.25, 0.3) is 0 Å². The van der Waals surface area contributed by atoms with Gasteiger partial charge in [-0.15, -0.1) is 11.3 Å². The highest BCUT2D eigenvalue weighted by atomic mass is 32.2. The van der Waals surface area contributed by atoms with Gasteiger partial charge in [-0.2, -0.15) is 0 Å². The molecule has 0 aliphatic heterocycles. The summed E-state index contributed by atoms with van der Waals surface area (Å²) in [5, 5.41) is 4.90. The SMILES string of the molecule is Cc1cccc(NC(=O)CSc2ncnc3sc(C)c(-c4ccccc4)c23)c1C. The molecule has 6 heteroatoms. The van der Waals surface area contributed by atoms with E-state index in [0.717, 1.165) is 43.2 Å². The van der Waals surface area contributed by atoms with Crippen molar-refractivity contribution in [2.45, 2.75) is 25.8 Å². The fourth-order valence-corrected chi connectivity index (χ4v) is 5.17. The van der Waals surface area contributed by atoms with Crippen molar-refractivity contribution in [2.24, 2.45) is 0 Å². The molecule has 146 valence electrons. The van der Waals surface area contributed by atoms with Gasteiger partial charge in [-0.25, -0.2) is 9.97 Å². The van der Waals surface area contributed by atoms with Gasteiger partial charge >= 0.3 is 0 Å². The third kappa shape index (κ3) is 4.04. The fourth-order valence-electron chi connectivity index (χ4n) is 3.29. The standard InChI is InChI=1S/C23H21N3OS2/c1-14-8-7-11-18(15(14)2)26-19(27)12-28-22-21-20(17-9-5-4-6-10-17)16(3)29-23(21)25-13-24-22/h4-11,13H,12H2,1-3H3,(H,26,27). The average Bonchev–Trinajstić information content (AvgIpc) is 3.07. The molecule has 1 amide bonds. The lowest BCUT2D eigenvalue weighted by atomic mass is 10.0. The van der Waals surface area contributed by atoms with Crippen LogP contribution in [0.2, 0.25) is 0 Å². The summed E-state index contributed by atoms with van der Waals surface area (Å²) < 4.78 is 0. The van der Waals surface area contributed by atoms with Gasteiger partial charge in [0.05, 0.1) is 11.1 Å². The first-order valence-corrected chi connectivity index (χ1v) is 11.1. The molecule has 29 heavy (non-hydrogen) atoms. The lowest BCUT2D eigenvalue weighted by Crippen LogP contribution is -2.15. The molecule has 2 aromatic carbocycles. The first-order chi connectivity index (χ1) is 14.0. The largest absolute Gasteiger partial charge is 0.325 e. The number of carbonyl (C=O) groups is 1. The number of aryl methyl sites for hydroxylation is 2. The molecule has 0 radical (unpaired) electrons. The van der Waals surface area contributed by atoms with Crippen LogP contribution in [0.1, 0.15) is 16.0 Å². The average molecular weight is 420 g/mol. The smallest absolute Gasteiger partial charge is 0.234 e. The van der Waals surface area contributed by atoms with E-state index >= 15 is 0 Å². The Kier molecular flexibility index (Phi) is 5.65. The molecule has 0 aliphatic carbocycles. The van der Waals surface area contributed by atoms with E-state index < -0.39 is 0 Å². The van der Waals surface area contributed by atoms with Crippen molar-refractivity contribution in [3.8, 4) is 11.1 Å². The first-order valence-electron chi connectivity index (χ1n) is 9.33. The Bertz CT molecular complexity index is 1190. The van der Waals surface area contributed by atoms with Crippen molar-refractivity contribution in [1.82, 2.24) is 9.97 Å². The van der Waals surface area contributed by atoms with Crippen LogP contribution in [-0.4, -0.2) is 21.6 Å². The fraction of sp³-hybridized carbons (Fsp3) is 0.174. The molecule has 0 aliphatic rings. The van der Waals surface area contributed by atoms with Crippen molar-refractivity contribution in [3.63, 3.8) is 0 Å². The van der Waals surface area contributed by atoms with E-state index in [1.165, 1.54) is 16.6 Å². The molecule has 2 heterocycles. The minimum atomic E-state index is -0.0383. The number of carbonyl (C=O) groups excluding carboxylic acids is 1. The number of nitrogens with zero attached hydrogens (tertiary/aromatic N) is 2. The van der Waals surface area contributed by atoms with Crippen molar-refractivity contribution in [1.29, 1.82) is 0 Å². The van der Waals surface area contributed by atoms with E-state index in [1.807, 2.05) is 50.2 Å². The van der Waals surface area contributed by atoms with Crippen LogP contribution in [0.15, 0.2) is 59.9 Å². The van der Waals surface area contributed by atoms with Gasteiger partial charge in [-0.3, -0.25) is 4.79 Å². The highest BCUT2D eigenvalue weighted by Crippen LogP contribution is 2.41. The van der Waals surface area contributed by atoms with Gasteiger partial charge in [0.2, 0.25) is 5.91 Å². The predicted octanol–water partition coefficient (Wildman–Crippen LogP) is 6.01. The quantitative estimate of drug-likeness (QED) is 0.318. The number of thioether (sulfide) groups is 1. The molecule has 0 atom stereocenters. The molecule has 0 saturated carbocycles. The Balaban J connectivity index is 1.60. The van der Waals surface area contributed by atoms with E-state index in [-0.39, 0.29) is 5.91 Å². The molecule has 0 unspecified atom stereocenters. The Labute approximate surface area is 178 Å². The highest BCUT2D eigenvalue weighted by Gasteiger charge is 2.18. The minimum Gasteiger partial charge on any atom is -0.325 e. The van der Waals surface area contributed by atoms with Gasteiger partial charge < -0.3 is 5.32 Å². The van der Waals surface area contributed by atoms with Gasteiger partial charge in [0.15, 0.2) is 0 Å². The van der Waals surface area contributed by atoms with Crippen LogP contribution in [0, 0.1) is 20.8 Å².